The first kappa shape index (κ1) is 14.5. The number of hydrogen-bond acceptors (Lipinski definition) is 2. The smallest absolute Gasteiger partial charge is 0.152 e. The molecule has 0 bridgehead atoms. The summed E-state index contributed by atoms with van der Waals surface area (Å²) in [5.74, 6) is 0.832. The van der Waals surface area contributed by atoms with Crippen molar-refractivity contribution in [3.05, 3.63) is 56.6 Å². The average Bonchev–Trinajstić information content (AvgIpc) is 3.16. The monoisotopic (exact) mass is 365 g/mol. The first-order valence-corrected chi connectivity index (χ1v) is 8.64. The zero-order valence-electron chi connectivity index (χ0n) is 13.2. The Balaban J connectivity index is 1.98. The second-order valence-corrected chi connectivity index (χ2v) is 7.05. The Morgan fingerprint density at radius 1 is 1.17 bits per heavy atom. The quantitative estimate of drug-likeness (QED) is 0.543. The summed E-state index contributed by atoms with van der Waals surface area (Å²) in [6.45, 7) is 4.17. The topological polar surface area (TPSA) is 36.9 Å². The van der Waals surface area contributed by atoms with Crippen molar-refractivity contribution in [2.45, 2.75) is 33.1 Å². The van der Waals surface area contributed by atoms with Crippen LogP contribution in [-0.4, -0.2) is 0 Å². The molecular weight excluding hydrogens is 350 g/mol. The van der Waals surface area contributed by atoms with Crippen molar-refractivity contribution in [3.8, 4) is 17.4 Å². The third kappa shape index (κ3) is 2.13. The van der Waals surface area contributed by atoms with Crippen LogP contribution in [0, 0.1) is 25.2 Å². The highest BCUT2D eigenvalue weighted by atomic mass is 79.9. The van der Waals surface area contributed by atoms with Gasteiger partial charge in [0.05, 0.1) is 5.56 Å². The van der Waals surface area contributed by atoms with Crippen LogP contribution < -0.4 is 0 Å². The van der Waals surface area contributed by atoms with Gasteiger partial charge in [-0.05, 0) is 67.5 Å². The highest BCUT2D eigenvalue weighted by Crippen LogP contribution is 2.38. The number of nitrogens with zero attached hydrogens (tertiary/aromatic N) is 1. The van der Waals surface area contributed by atoms with Crippen LogP contribution in [0.25, 0.3) is 22.3 Å². The number of aryl methyl sites for hydroxylation is 2. The van der Waals surface area contributed by atoms with Crippen LogP contribution in [0.4, 0.5) is 0 Å². The molecular formula is C20H16BrNO. The van der Waals surface area contributed by atoms with E-state index < -0.39 is 0 Å². The summed E-state index contributed by atoms with van der Waals surface area (Å²) in [6, 6.07) is 10.8. The standard InChI is InChI=1S/C20H16BrNO/c1-11-6-7-15(12(2)19(11)21)18-9-14-8-13-4-3-5-16(13)17(10-22)20(14)23-18/h6-9H,3-5H2,1-2H3. The van der Waals surface area contributed by atoms with Gasteiger partial charge in [-0.15, -0.1) is 0 Å². The molecule has 23 heavy (non-hydrogen) atoms. The van der Waals surface area contributed by atoms with Crippen LogP contribution in [0.5, 0.6) is 0 Å². The number of halogens is 1. The molecule has 0 unspecified atom stereocenters. The largest absolute Gasteiger partial charge is 0.455 e. The van der Waals surface area contributed by atoms with Gasteiger partial charge in [0.1, 0.15) is 11.8 Å². The Morgan fingerprint density at radius 3 is 2.78 bits per heavy atom. The van der Waals surface area contributed by atoms with Crippen molar-refractivity contribution >= 4 is 26.9 Å². The number of hydrogen-bond donors (Lipinski definition) is 0. The molecule has 1 aliphatic rings. The Kier molecular flexibility index (Phi) is 3.32. The lowest BCUT2D eigenvalue weighted by Gasteiger charge is -2.07. The number of furan rings is 1. The van der Waals surface area contributed by atoms with Gasteiger partial charge in [0.2, 0.25) is 0 Å². The lowest BCUT2D eigenvalue weighted by atomic mass is 10.0. The van der Waals surface area contributed by atoms with Crippen LogP contribution in [0.3, 0.4) is 0 Å². The molecule has 0 spiro atoms. The summed E-state index contributed by atoms with van der Waals surface area (Å²) in [5, 5.41) is 10.6. The van der Waals surface area contributed by atoms with Crippen molar-refractivity contribution in [1.82, 2.24) is 0 Å². The molecule has 2 nitrogen and oxygen atoms in total. The van der Waals surface area contributed by atoms with E-state index in [0.717, 1.165) is 57.2 Å². The first-order chi connectivity index (χ1) is 11.1. The van der Waals surface area contributed by atoms with Crippen LogP contribution >= 0.6 is 15.9 Å². The van der Waals surface area contributed by atoms with Gasteiger partial charge in [0, 0.05) is 15.4 Å². The third-order valence-electron chi connectivity index (χ3n) is 4.84. The van der Waals surface area contributed by atoms with E-state index in [0.29, 0.717) is 0 Å². The predicted molar refractivity (Wildman–Crippen MR) is 95.6 cm³/mol. The minimum Gasteiger partial charge on any atom is -0.455 e. The number of rotatable bonds is 1. The van der Waals surface area contributed by atoms with Crippen LogP contribution in [-0.2, 0) is 12.8 Å². The number of fused-ring (bicyclic) bond motifs is 2. The molecule has 0 radical (unpaired) electrons. The fraction of sp³-hybridized carbons (Fsp3) is 0.250. The second kappa shape index (κ2) is 5.25. The summed E-state index contributed by atoms with van der Waals surface area (Å²) in [4.78, 5) is 0. The molecule has 1 heterocycles. The van der Waals surface area contributed by atoms with E-state index >= 15 is 0 Å². The summed E-state index contributed by atoms with van der Waals surface area (Å²) >= 11 is 3.65. The van der Waals surface area contributed by atoms with Gasteiger partial charge in [-0.25, -0.2) is 0 Å². The zero-order chi connectivity index (χ0) is 16.1. The fourth-order valence-corrected chi connectivity index (χ4v) is 3.93. The van der Waals surface area contributed by atoms with Crippen molar-refractivity contribution in [1.29, 1.82) is 5.26 Å². The van der Waals surface area contributed by atoms with Gasteiger partial charge in [-0.2, -0.15) is 5.26 Å². The third-order valence-corrected chi connectivity index (χ3v) is 6.06. The lowest BCUT2D eigenvalue weighted by Crippen LogP contribution is -1.88. The van der Waals surface area contributed by atoms with E-state index in [1.807, 2.05) is 0 Å². The Hall–Kier alpha value is -2.05. The van der Waals surface area contributed by atoms with Crippen molar-refractivity contribution in [2.24, 2.45) is 0 Å². The van der Waals surface area contributed by atoms with Crippen LogP contribution in [0.15, 0.2) is 33.2 Å². The minimum absolute atomic E-state index is 0.727. The maximum absolute atomic E-state index is 9.60. The summed E-state index contributed by atoms with van der Waals surface area (Å²) in [7, 11) is 0. The fourth-order valence-electron chi connectivity index (χ4n) is 3.58. The minimum atomic E-state index is 0.727. The zero-order valence-corrected chi connectivity index (χ0v) is 14.8. The van der Waals surface area contributed by atoms with Gasteiger partial charge in [0.25, 0.3) is 0 Å². The molecule has 0 saturated heterocycles. The van der Waals surface area contributed by atoms with Gasteiger partial charge >= 0.3 is 0 Å². The van der Waals surface area contributed by atoms with Gasteiger partial charge in [0.15, 0.2) is 5.58 Å². The summed E-state index contributed by atoms with van der Waals surface area (Å²) in [5.41, 5.74) is 7.40. The highest BCUT2D eigenvalue weighted by molar-refractivity contribution is 9.10. The molecule has 0 fully saturated rings. The molecule has 1 aliphatic carbocycles. The second-order valence-electron chi connectivity index (χ2n) is 6.25. The molecule has 3 aromatic rings. The molecule has 114 valence electrons. The van der Waals surface area contributed by atoms with Gasteiger partial charge in [-0.3, -0.25) is 0 Å². The molecule has 0 N–H and O–H groups in total. The van der Waals surface area contributed by atoms with E-state index in [9.17, 15) is 5.26 Å². The molecule has 0 atom stereocenters. The summed E-state index contributed by atoms with van der Waals surface area (Å²) in [6.07, 6.45) is 3.18. The molecule has 1 aromatic heterocycles. The number of benzene rings is 2. The number of nitriles is 1. The Morgan fingerprint density at radius 2 is 2.00 bits per heavy atom. The van der Waals surface area contributed by atoms with Crippen molar-refractivity contribution < 1.29 is 4.42 Å². The molecule has 0 aliphatic heterocycles. The van der Waals surface area contributed by atoms with Crippen LogP contribution in [0.2, 0.25) is 0 Å². The SMILES string of the molecule is Cc1ccc(-c2cc3cc4c(c(C#N)c3o2)CCC4)c(C)c1Br. The summed E-state index contributed by atoms with van der Waals surface area (Å²) < 4.78 is 7.24. The average molecular weight is 366 g/mol. The normalized spacial score (nSPS) is 13.3. The maximum atomic E-state index is 9.60. The van der Waals surface area contributed by atoms with E-state index in [4.69, 9.17) is 4.42 Å². The predicted octanol–water partition coefficient (Wildman–Crippen LogP) is 5.84. The van der Waals surface area contributed by atoms with E-state index in [-0.39, 0.29) is 0 Å². The van der Waals surface area contributed by atoms with E-state index in [2.05, 4.69) is 60.1 Å². The van der Waals surface area contributed by atoms with E-state index in [1.54, 1.807) is 0 Å². The highest BCUT2D eigenvalue weighted by Gasteiger charge is 2.21. The molecule has 4 rings (SSSR count). The Labute approximate surface area is 143 Å². The van der Waals surface area contributed by atoms with Crippen molar-refractivity contribution in [2.75, 3.05) is 0 Å². The molecule has 0 saturated carbocycles. The van der Waals surface area contributed by atoms with E-state index in [1.165, 1.54) is 16.7 Å². The van der Waals surface area contributed by atoms with Crippen LogP contribution in [0.1, 0.15) is 34.2 Å². The molecule has 0 amide bonds. The first-order valence-electron chi connectivity index (χ1n) is 7.84. The van der Waals surface area contributed by atoms with Gasteiger partial charge < -0.3 is 4.42 Å². The maximum Gasteiger partial charge on any atom is 0.152 e. The Bertz CT molecular complexity index is 991. The van der Waals surface area contributed by atoms with Crippen molar-refractivity contribution in [3.63, 3.8) is 0 Å². The lowest BCUT2D eigenvalue weighted by molar-refractivity contribution is 0.629. The van der Waals surface area contributed by atoms with Gasteiger partial charge in [-0.1, -0.05) is 28.1 Å². The molecule has 2 aromatic carbocycles. The molecule has 3 heteroatoms.